The molecule has 128 valence electrons. The van der Waals surface area contributed by atoms with Crippen LogP contribution in [0.2, 0.25) is 5.02 Å². The average Bonchev–Trinajstić information content (AvgIpc) is 2.45. The summed E-state index contributed by atoms with van der Waals surface area (Å²) >= 11 is 5.89. The third-order valence-corrected chi connectivity index (χ3v) is 4.07. The Morgan fingerprint density at radius 2 is 1.17 bits per heavy atom. The van der Waals surface area contributed by atoms with E-state index in [4.69, 9.17) is 11.6 Å². The van der Waals surface area contributed by atoms with Crippen LogP contribution in [-0.2, 0) is 10.8 Å². The Bertz CT molecular complexity index is 716. The van der Waals surface area contributed by atoms with E-state index < -0.39 is 0 Å². The summed E-state index contributed by atoms with van der Waals surface area (Å²) in [4.78, 5) is 0. The quantitative estimate of drug-likeness (QED) is 0.582. The van der Waals surface area contributed by atoms with Gasteiger partial charge in [-0.1, -0.05) is 53.1 Å². The Morgan fingerprint density at radius 1 is 0.750 bits per heavy atom. The second kappa shape index (κ2) is 6.56. The molecule has 0 aliphatic rings. The molecule has 4 heteroatoms. The summed E-state index contributed by atoms with van der Waals surface area (Å²) in [6.07, 6.45) is 0. The van der Waals surface area contributed by atoms with Crippen LogP contribution in [-0.4, -0.2) is 5.11 Å². The zero-order valence-electron chi connectivity index (χ0n) is 15.2. The number of azo groups is 1. The highest BCUT2D eigenvalue weighted by molar-refractivity contribution is 6.30. The SMILES string of the molecule is CC(C)(C)c1cc(N=Nc2ccc(Cl)cc2)cc(C(C)(C)C)c1O. The molecule has 0 spiro atoms. The molecule has 0 atom stereocenters. The molecular formula is C20H25ClN2O. The molecule has 2 aromatic rings. The lowest BCUT2D eigenvalue weighted by Crippen LogP contribution is -2.16. The lowest BCUT2D eigenvalue weighted by atomic mass is 9.79. The van der Waals surface area contributed by atoms with Crippen LogP contribution in [0.15, 0.2) is 46.6 Å². The van der Waals surface area contributed by atoms with Gasteiger partial charge in [0.05, 0.1) is 11.4 Å². The summed E-state index contributed by atoms with van der Waals surface area (Å²) in [5, 5.41) is 20.0. The van der Waals surface area contributed by atoms with Crippen LogP contribution in [0.3, 0.4) is 0 Å². The second-order valence-electron chi connectivity index (χ2n) is 8.07. The predicted molar refractivity (Wildman–Crippen MR) is 101 cm³/mol. The zero-order valence-corrected chi connectivity index (χ0v) is 15.9. The Labute approximate surface area is 149 Å². The van der Waals surface area contributed by atoms with Crippen LogP contribution >= 0.6 is 11.6 Å². The van der Waals surface area contributed by atoms with Crippen molar-refractivity contribution in [3.8, 4) is 5.75 Å². The minimum Gasteiger partial charge on any atom is -0.507 e. The van der Waals surface area contributed by atoms with E-state index in [9.17, 15) is 5.11 Å². The lowest BCUT2D eigenvalue weighted by molar-refractivity contribution is 0.423. The Hall–Kier alpha value is -1.87. The van der Waals surface area contributed by atoms with Gasteiger partial charge in [-0.2, -0.15) is 10.2 Å². The van der Waals surface area contributed by atoms with E-state index in [0.29, 0.717) is 10.8 Å². The maximum absolute atomic E-state index is 10.7. The molecule has 0 fully saturated rings. The van der Waals surface area contributed by atoms with Gasteiger partial charge in [0.15, 0.2) is 0 Å². The summed E-state index contributed by atoms with van der Waals surface area (Å²) in [6.45, 7) is 12.5. The predicted octanol–water partition coefficient (Wildman–Crippen LogP) is 7.06. The largest absolute Gasteiger partial charge is 0.507 e. The monoisotopic (exact) mass is 344 g/mol. The van der Waals surface area contributed by atoms with Gasteiger partial charge in [-0.25, -0.2) is 0 Å². The maximum Gasteiger partial charge on any atom is 0.123 e. The molecule has 0 unspecified atom stereocenters. The van der Waals surface area contributed by atoms with Gasteiger partial charge in [0.1, 0.15) is 5.75 Å². The smallest absolute Gasteiger partial charge is 0.123 e. The van der Waals surface area contributed by atoms with Gasteiger partial charge in [-0.3, -0.25) is 0 Å². The number of hydrogen-bond donors (Lipinski definition) is 1. The third-order valence-electron chi connectivity index (χ3n) is 3.82. The lowest BCUT2D eigenvalue weighted by Gasteiger charge is -2.27. The van der Waals surface area contributed by atoms with E-state index in [1.54, 1.807) is 12.1 Å². The van der Waals surface area contributed by atoms with Gasteiger partial charge in [0, 0.05) is 16.1 Å². The molecule has 3 nitrogen and oxygen atoms in total. The molecule has 0 saturated carbocycles. The van der Waals surface area contributed by atoms with E-state index >= 15 is 0 Å². The van der Waals surface area contributed by atoms with Crippen molar-refractivity contribution in [3.05, 3.63) is 52.5 Å². The first kappa shape index (κ1) is 18.5. The molecule has 0 heterocycles. The zero-order chi connectivity index (χ0) is 18.1. The molecule has 0 aromatic heterocycles. The van der Waals surface area contributed by atoms with Gasteiger partial charge in [0.25, 0.3) is 0 Å². The Balaban J connectivity index is 2.52. The van der Waals surface area contributed by atoms with E-state index in [0.717, 1.165) is 22.5 Å². The standard InChI is InChI=1S/C20H25ClN2O/c1-19(2,3)16-11-15(12-17(18(16)24)20(4,5)6)23-22-14-9-7-13(21)8-10-14/h7-12,24H,1-6H3. The average molecular weight is 345 g/mol. The van der Waals surface area contributed by atoms with Crippen molar-refractivity contribution in [1.82, 2.24) is 0 Å². The van der Waals surface area contributed by atoms with Gasteiger partial charge >= 0.3 is 0 Å². The van der Waals surface area contributed by atoms with Crippen LogP contribution in [0, 0.1) is 0 Å². The molecule has 0 aliphatic carbocycles. The highest BCUT2D eigenvalue weighted by Crippen LogP contribution is 2.41. The van der Waals surface area contributed by atoms with Crippen LogP contribution in [0.4, 0.5) is 11.4 Å². The molecule has 0 saturated heterocycles. The molecule has 2 aromatic carbocycles. The molecule has 0 amide bonds. The molecule has 0 aliphatic heterocycles. The van der Waals surface area contributed by atoms with Crippen LogP contribution in [0.1, 0.15) is 52.7 Å². The highest BCUT2D eigenvalue weighted by Gasteiger charge is 2.26. The van der Waals surface area contributed by atoms with E-state index in [1.807, 2.05) is 24.3 Å². The van der Waals surface area contributed by atoms with E-state index in [2.05, 4.69) is 51.8 Å². The number of phenols is 1. The van der Waals surface area contributed by atoms with Crippen molar-refractivity contribution in [2.24, 2.45) is 10.2 Å². The number of phenolic OH excluding ortho intramolecular Hbond substituents is 1. The summed E-state index contributed by atoms with van der Waals surface area (Å²) in [7, 11) is 0. The summed E-state index contributed by atoms with van der Waals surface area (Å²) in [5.74, 6) is 0.348. The molecule has 24 heavy (non-hydrogen) atoms. The molecule has 0 radical (unpaired) electrons. The minimum absolute atomic E-state index is 0.185. The van der Waals surface area contributed by atoms with Gasteiger partial charge in [-0.15, -0.1) is 0 Å². The number of hydrogen-bond acceptors (Lipinski definition) is 3. The third kappa shape index (κ3) is 4.35. The first-order valence-corrected chi connectivity index (χ1v) is 8.41. The Morgan fingerprint density at radius 3 is 1.58 bits per heavy atom. The normalized spacial score (nSPS) is 12.8. The summed E-state index contributed by atoms with van der Waals surface area (Å²) in [5.41, 5.74) is 2.85. The fourth-order valence-electron chi connectivity index (χ4n) is 2.44. The van der Waals surface area contributed by atoms with Gasteiger partial charge in [-0.05, 0) is 47.2 Å². The van der Waals surface area contributed by atoms with Crippen molar-refractivity contribution in [2.45, 2.75) is 52.4 Å². The molecule has 1 N–H and O–H groups in total. The fourth-order valence-corrected chi connectivity index (χ4v) is 2.57. The van der Waals surface area contributed by atoms with Crippen molar-refractivity contribution in [1.29, 1.82) is 0 Å². The summed E-state index contributed by atoms with van der Waals surface area (Å²) < 4.78 is 0. The van der Waals surface area contributed by atoms with Gasteiger partial charge in [0.2, 0.25) is 0 Å². The van der Waals surface area contributed by atoms with Crippen molar-refractivity contribution < 1.29 is 5.11 Å². The minimum atomic E-state index is -0.185. The fraction of sp³-hybridized carbons (Fsp3) is 0.400. The first-order valence-electron chi connectivity index (χ1n) is 8.04. The number of rotatable bonds is 2. The number of aromatic hydroxyl groups is 1. The van der Waals surface area contributed by atoms with Crippen LogP contribution in [0.5, 0.6) is 5.75 Å². The van der Waals surface area contributed by atoms with Crippen molar-refractivity contribution >= 4 is 23.0 Å². The van der Waals surface area contributed by atoms with Crippen molar-refractivity contribution in [3.63, 3.8) is 0 Å². The molecular weight excluding hydrogens is 320 g/mol. The van der Waals surface area contributed by atoms with Crippen LogP contribution in [0.25, 0.3) is 0 Å². The highest BCUT2D eigenvalue weighted by atomic mass is 35.5. The van der Waals surface area contributed by atoms with Gasteiger partial charge < -0.3 is 5.11 Å². The molecule has 2 rings (SSSR count). The number of benzene rings is 2. The summed E-state index contributed by atoms with van der Waals surface area (Å²) in [6, 6.07) is 11.0. The van der Waals surface area contributed by atoms with Crippen LogP contribution < -0.4 is 0 Å². The van der Waals surface area contributed by atoms with Crippen molar-refractivity contribution in [2.75, 3.05) is 0 Å². The topological polar surface area (TPSA) is 45.0 Å². The Kier molecular flexibility index (Phi) is 5.05. The van der Waals surface area contributed by atoms with E-state index in [1.165, 1.54) is 0 Å². The second-order valence-corrected chi connectivity index (χ2v) is 8.50. The maximum atomic E-state index is 10.7. The number of halogens is 1. The van der Waals surface area contributed by atoms with E-state index in [-0.39, 0.29) is 10.8 Å². The first-order chi connectivity index (χ1) is 11.0. The number of nitrogens with zero attached hydrogens (tertiary/aromatic N) is 2. The molecule has 0 bridgehead atoms.